The van der Waals surface area contributed by atoms with Gasteiger partial charge in [-0.25, -0.2) is 0 Å². The molecule has 0 aliphatic carbocycles. The number of hydrogen-bond donors (Lipinski definition) is 2. The Morgan fingerprint density at radius 1 is 1.07 bits per heavy atom. The number of hydrogen-bond acceptors (Lipinski definition) is 4. The average molecular weight is 390 g/mol. The molecule has 1 amide bonds. The number of anilines is 2. The summed E-state index contributed by atoms with van der Waals surface area (Å²) in [5.41, 5.74) is 1.66. The van der Waals surface area contributed by atoms with Gasteiger partial charge in [0.15, 0.2) is 0 Å². The Balaban J connectivity index is 1.71. The molecule has 0 saturated carbocycles. The number of alkyl halides is 2. The van der Waals surface area contributed by atoms with Crippen molar-refractivity contribution in [3.63, 3.8) is 0 Å². The molecular formula is C20H20F2N2O4. The van der Waals surface area contributed by atoms with Crippen molar-refractivity contribution >= 4 is 23.3 Å². The summed E-state index contributed by atoms with van der Waals surface area (Å²) in [4.78, 5) is 25.6. The lowest BCUT2D eigenvalue weighted by molar-refractivity contribution is -0.143. The number of likely N-dealkylation sites (tertiary alicyclic amines) is 1. The molecular weight excluding hydrogens is 370 g/mol. The van der Waals surface area contributed by atoms with Crippen molar-refractivity contribution < 1.29 is 28.2 Å². The number of carboxylic acids is 1. The van der Waals surface area contributed by atoms with Crippen LogP contribution in [0, 0.1) is 5.92 Å². The largest absolute Gasteiger partial charge is 0.481 e. The minimum Gasteiger partial charge on any atom is -0.481 e. The van der Waals surface area contributed by atoms with E-state index in [1.807, 2.05) is 0 Å². The van der Waals surface area contributed by atoms with E-state index in [2.05, 4.69) is 10.1 Å². The molecule has 1 aliphatic heterocycles. The molecule has 0 spiro atoms. The number of aliphatic carboxylic acids is 1. The van der Waals surface area contributed by atoms with E-state index in [0.717, 1.165) is 0 Å². The number of carbonyl (C=O) groups is 2. The number of para-hydroxylation sites is 1. The third kappa shape index (κ3) is 4.76. The lowest BCUT2D eigenvalue weighted by Gasteiger charge is -2.30. The van der Waals surface area contributed by atoms with Crippen molar-refractivity contribution in [2.75, 3.05) is 18.4 Å². The van der Waals surface area contributed by atoms with E-state index in [1.165, 1.54) is 12.1 Å². The van der Waals surface area contributed by atoms with Crippen molar-refractivity contribution in [3.05, 3.63) is 54.1 Å². The summed E-state index contributed by atoms with van der Waals surface area (Å²) in [6, 6.07) is 13.0. The normalized spacial score (nSPS) is 14.8. The van der Waals surface area contributed by atoms with Gasteiger partial charge >= 0.3 is 12.6 Å². The first-order chi connectivity index (χ1) is 13.4. The maximum atomic E-state index is 12.9. The second kappa shape index (κ2) is 8.69. The predicted molar refractivity (Wildman–Crippen MR) is 99.1 cm³/mol. The second-order valence-electron chi connectivity index (χ2n) is 6.48. The Kier molecular flexibility index (Phi) is 6.08. The van der Waals surface area contributed by atoms with Gasteiger partial charge in [0.25, 0.3) is 5.91 Å². The molecule has 2 aromatic carbocycles. The van der Waals surface area contributed by atoms with Gasteiger partial charge in [-0.3, -0.25) is 9.59 Å². The zero-order valence-corrected chi connectivity index (χ0v) is 15.0. The molecule has 0 aromatic heterocycles. The molecule has 1 heterocycles. The number of carbonyl (C=O) groups excluding carboxylic acids is 1. The molecule has 28 heavy (non-hydrogen) atoms. The Morgan fingerprint density at radius 2 is 1.71 bits per heavy atom. The van der Waals surface area contributed by atoms with Gasteiger partial charge in [-0.15, -0.1) is 0 Å². The van der Waals surface area contributed by atoms with Gasteiger partial charge in [0.2, 0.25) is 0 Å². The zero-order valence-electron chi connectivity index (χ0n) is 15.0. The van der Waals surface area contributed by atoms with Crippen LogP contribution in [0.1, 0.15) is 23.2 Å². The predicted octanol–water partition coefficient (Wildman–Crippen LogP) is 3.97. The summed E-state index contributed by atoms with van der Waals surface area (Å²) in [6.45, 7) is -2.10. The number of rotatable bonds is 6. The van der Waals surface area contributed by atoms with Crippen LogP contribution in [-0.2, 0) is 4.79 Å². The van der Waals surface area contributed by atoms with Crippen molar-refractivity contribution in [2.24, 2.45) is 5.92 Å². The second-order valence-corrected chi connectivity index (χ2v) is 6.48. The fraction of sp³-hybridized carbons (Fsp3) is 0.300. The fourth-order valence-electron chi connectivity index (χ4n) is 3.15. The van der Waals surface area contributed by atoms with Crippen molar-refractivity contribution in [3.8, 4) is 5.75 Å². The van der Waals surface area contributed by atoms with E-state index in [0.29, 0.717) is 42.9 Å². The first kappa shape index (κ1) is 19.6. The number of ether oxygens (including phenoxy) is 1. The highest BCUT2D eigenvalue weighted by Crippen LogP contribution is 2.26. The van der Waals surface area contributed by atoms with Crippen LogP contribution in [0.3, 0.4) is 0 Å². The summed E-state index contributed by atoms with van der Waals surface area (Å²) in [7, 11) is 0. The van der Waals surface area contributed by atoms with E-state index in [4.69, 9.17) is 5.11 Å². The van der Waals surface area contributed by atoms with Crippen LogP contribution in [-0.4, -0.2) is 41.6 Å². The minimum atomic E-state index is -2.89. The van der Waals surface area contributed by atoms with E-state index < -0.39 is 18.5 Å². The summed E-state index contributed by atoms with van der Waals surface area (Å²) in [6.07, 6.45) is 0.866. The summed E-state index contributed by atoms with van der Waals surface area (Å²) < 4.78 is 28.8. The van der Waals surface area contributed by atoms with E-state index in [1.54, 1.807) is 41.3 Å². The summed E-state index contributed by atoms with van der Waals surface area (Å²) in [5.74, 6) is -1.37. The number of carboxylic acid groups (broad SMARTS) is 1. The topological polar surface area (TPSA) is 78.9 Å². The molecule has 1 aliphatic rings. The summed E-state index contributed by atoms with van der Waals surface area (Å²) >= 11 is 0. The third-order valence-corrected chi connectivity index (χ3v) is 4.65. The average Bonchev–Trinajstić information content (AvgIpc) is 2.69. The lowest BCUT2D eigenvalue weighted by Crippen LogP contribution is -2.40. The van der Waals surface area contributed by atoms with E-state index in [-0.39, 0.29) is 11.7 Å². The highest BCUT2D eigenvalue weighted by Gasteiger charge is 2.28. The SMILES string of the molecule is O=C(O)C1CCN(C(=O)c2ccccc2Nc2ccc(OC(F)F)cc2)CC1. The Morgan fingerprint density at radius 3 is 2.32 bits per heavy atom. The van der Waals surface area contributed by atoms with Gasteiger partial charge in [-0.05, 0) is 49.2 Å². The molecule has 8 heteroatoms. The number of halogens is 2. The molecule has 3 rings (SSSR count). The van der Waals surface area contributed by atoms with Crippen molar-refractivity contribution in [1.29, 1.82) is 0 Å². The Bertz CT molecular complexity index is 834. The van der Waals surface area contributed by atoms with E-state index >= 15 is 0 Å². The third-order valence-electron chi connectivity index (χ3n) is 4.65. The Hall–Kier alpha value is -3.16. The van der Waals surface area contributed by atoms with Crippen LogP contribution in [0.15, 0.2) is 48.5 Å². The summed E-state index contributed by atoms with van der Waals surface area (Å²) in [5, 5.41) is 12.2. The highest BCUT2D eigenvalue weighted by molar-refractivity contribution is 6.00. The standard InChI is InChI=1S/C20H20F2N2O4/c21-20(22)28-15-7-5-14(6-8-15)23-17-4-2-1-3-16(17)18(25)24-11-9-13(10-12-24)19(26)27/h1-8,13,20,23H,9-12H2,(H,26,27). The number of piperidine rings is 1. The molecule has 2 N–H and O–H groups in total. The number of amides is 1. The monoisotopic (exact) mass is 390 g/mol. The Labute approximate surface area is 160 Å². The molecule has 1 saturated heterocycles. The van der Waals surface area contributed by atoms with Crippen LogP contribution in [0.2, 0.25) is 0 Å². The van der Waals surface area contributed by atoms with Crippen LogP contribution < -0.4 is 10.1 Å². The molecule has 0 unspecified atom stereocenters. The van der Waals surface area contributed by atoms with Crippen LogP contribution in [0.5, 0.6) is 5.75 Å². The van der Waals surface area contributed by atoms with Gasteiger partial charge in [0.05, 0.1) is 17.2 Å². The molecule has 0 atom stereocenters. The van der Waals surface area contributed by atoms with Gasteiger partial charge in [-0.1, -0.05) is 12.1 Å². The molecule has 2 aromatic rings. The fourth-order valence-corrected chi connectivity index (χ4v) is 3.15. The first-order valence-corrected chi connectivity index (χ1v) is 8.87. The van der Waals surface area contributed by atoms with Crippen LogP contribution >= 0.6 is 0 Å². The molecule has 148 valence electrons. The zero-order chi connectivity index (χ0) is 20.1. The highest BCUT2D eigenvalue weighted by atomic mass is 19.3. The molecule has 1 fully saturated rings. The quantitative estimate of drug-likeness (QED) is 0.780. The minimum absolute atomic E-state index is 0.0474. The first-order valence-electron chi connectivity index (χ1n) is 8.87. The van der Waals surface area contributed by atoms with Crippen LogP contribution in [0.4, 0.5) is 20.2 Å². The van der Waals surface area contributed by atoms with Gasteiger partial charge in [0.1, 0.15) is 5.75 Å². The van der Waals surface area contributed by atoms with E-state index in [9.17, 15) is 18.4 Å². The van der Waals surface area contributed by atoms with Crippen LogP contribution in [0.25, 0.3) is 0 Å². The maximum Gasteiger partial charge on any atom is 0.387 e. The van der Waals surface area contributed by atoms with Gasteiger partial charge in [0, 0.05) is 18.8 Å². The smallest absolute Gasteiger partial charge is 0.387 e. The van der Waals surface area contributed by atoms with Gasteiger partial charge < -0.3 is 20.1 Å². The van der Waals surface area contributed by atoms with Gasteiger partial charge in [-0.2, -0.15) is 8.78 Å². The van der Waals surface area contributed by atoms with Crippen molar-refractivity contribution in [2.45, 2.75) is 19.5 Å². The number of nitrogens with zero attached hydrogens (tertiary/aromatic N) is 1. The molecule has 0 radical (unpaired) electrons. The number of nitrogens with one attached hydrogen (secondary N) is 1. The lowest BCUT2D eigenvalue weighted by atomic mass is 9.96. The molecule has 6 nitrogen and oxygen atoms in total. The number of benzene rings is 2. The maximum absolute atomic E-state index is 12.9. The van der Waals surface area contributed by atoms with Crippen molar-refractivity contribution in [1.82, 2.24) is 4.90 Å². The molecule has 0 bridgehead atoms.